The highest BCUT2D eigenvalue weighted by Crippen LogP contribution is 2.26. The molecule has 1 unspecified atom stereocenters. The summed E-state index contributed by atoms with van der Waals surface area (Å²) in [5, 5.41) is 1.32. The highest BCUT2D eigenvalue weighted by atomic mass is 14.7. The molecule has 2 rings (SSSR count). The van der Waals surface area contributed by atoms with Gasteiger partial charge in [0.1, 0.15) is 0 Å². The van der Waals surface area contributed by atoms with E-state index in [0.717, 1.165) is 0 Å². The molecule has 14 heavy (non-hydrogen) atoms. The van der Waals surface area contributed by atoms with E-state index in [4.69, 9.17) is 0 Å². The average molecular weight is 185 g/mol. The first-order valence-electron chi connectivity index (χ1n) is 4.93. The van der Waals surface area contributed by atoms with Gasteiger partial charge < -0.3 is 4.98 Å². The van der Waals surface area contributed by atoms with Crippen molar-refractivity contribution in [2.75, 3.05) is 0 Å². The van der Waals surface area contributed by atoms with E-state index < -0.39 is 0 Å². The maximum Gasteiger partial charge on any atom is 0.0459 e. The summed E-state index contributed by atoms with van der Waals surface area (Å²) in [5.74, 6) is 0.391. The Labute approximate surface area is 84.5 Å². The van der Waals surface area contributed by atoms with Gasteiger partial charge in [-0.15, -0.1) is 6.58 Å². The molecule has 0 spiro atoms. The van der Waals surface area contributed by atoms with Crippen LogP contribution in [-0.4, -0.2) is 4.98 Å². The number of aryl methyl sites for hydroxylation is 1. The Hall–Kier alpha value is -1.50. The lowest BCUT2D eigenvalue weighted by Gasteiger charge is -2.03. The molecule has 1 heterocycles. The Balaban J connectivity index is 2.68. The highest BCUT2D eigenvalue weighted by Gasteiger charge is 2.10. The zero-order chi connectivity index (χ0) is 10.1. The molecule has 0 amide bonds. The van der Waals surface area contributed by atoms with Gasteiger partial charge in [-0.1, -0.05) is 31.2 Å². The monoisotopic (exact) mass is 185 g/mol. The molecule has 0 aliphatic carbocycles. The maximum absolute atomic E-state index is 3.83. The molecule has 0 aliphatic rings. The van der Waals surface area contributed by atoms with Crippen molar-refractivity contribution >= 4 is 10.9 Å². The smallest absolute Gasteiger partial charge is 0.0459 e. The van der Waals surface area contributed by atoms with Gasteiger partial charge in [0, 0.05) is 22.5 Å². The van der Waals surface area contributed by atoms with E-state index in [0.29, 0.717) is 5.92 Å². The van der Waals surface area contributed by atoms with E-state index in [-0.39, 0.29) is 0 Å². The van der Waals surface area contributed by atoms with Gasteiger partial charge in [-0.3, -0.25) is 0 Å². The molecule has 72 valence electrons. The largest absolute Gasteiger partial charge is 0.358 e. The Morgan fingerprint density at radius 1 is 1.36 bits per heavy atom. The molecule has 0 saturated carbocycles. The van der Waals surface area contributed by atoms with Gasteiger partial charge in [0.25, 0.3) is 0 Å². The molecule has 0 fully saturated rings. The van der Waals surface area contributed by atoms with Crippen LogP contribution in [-0.2, 0) is 0 Å². The lowest BCUT2D eigenvalue weighted by atomic mass is 10.0. The summed E-state index contributed by atoms with van der Waals surface area (Å²) >= 11 is 0. The van der Waals surface area contributed by atoms with Gasteiger partial charge in [0.15, 0.2) is 0 Å². The molecular weight excluding hydrogens is 170 g/mol. The van der Waals surface area contributed by atoms with Crippen LogP contribution in [0.5, 0.6) is 0 Å². The van der Waals surface area contributed by atoms with E-state index in [1.165, 1.54) is 22.2 Å². The minimum atomic E-state index is 0.391. The zero-order valence-corrected chi connectivity index (χ0v) is 8.67. The fourth-order valence-electron chi connectivity index (χ4n) is 1.88. The molecule has 1 nitrogen and oxygen atoms in total. The molecule has 0 bridgehead atoms. The van der Waals surface area contributed by atoms with Crippen LogP contribution in [0.2, 0.25) is 0 Å². The maximum atomic E-state index is 3.83. The lowest BCUT2D eigenvalue weighted by Crippen LogP contribution is -1.90. The summed E-state index contributed by atoms with van der Waals surface area (Å²) < 4.78 is 0. The molecule has 1 aromatic carbocycles. The second-order valence-corrected chi connectivity index (χ2v) is 3.73. The standard InChI is InChI=1S/C13H15N/c1-4-9(2)13-10(3)11-7-5-6-8-12(11)14-13/h4-9,14H,1H2,2-3H3. The van der Waals surface area contributed by atoms with E-state index in [1.54, 1.807) is 0 Å². The fourth-order valence-corrected chi connectivity index (χ4v) is 1.88. The quantitative estimate of drug-likeness (QED) is 0.685. The molecule has 0 radical (unpaired) electrons. The minimum absolute atomic E-state index is 0.391. The second kappa shape index (κ2) is 3.33. The van der Waals surface area contributed by atoms with Gasteiger partial charge in [0.2, 0.25) is 0 Å². The number of benzene rings is 1. The van der Waals surface area contributed by atoms with Crippen LogP contribution in [0.25, 0.3) is 10.9 Å². The number of para-hydroxylation sites is 1. The summed E-state index contributed by atoms with van der Waals surface area (Å²) in [7, 11) is 0. The van der Waals surface area contributed by atoms with Gasteiger partial charge in [-0.25, -0.2) is 0 Å². The zero-order valence-electron chi connectivity index (χ0n) is 8.67. The lowest BCUT2D eigenvalue weighted by molar-refractivity contribution is 0.918. The van der Waals surface area contributed by atoms with E-state index in [2.05, 4.69) is 49.7 Å². The van der Waals surface area contributed by atoms with Crippen LogP contribution >= 0.6 is 0 Å². The van der Waals surface area contributed by atoms with E-state index >= 15 is 0 Å². The van der Waals surface area contributed by atoms with Crippen molar-refractivity contribution in [1.29, 1.82) is 0 Å². The summed E-state index contributed by atoms with van der Waals surface area (Å²) in [6, 6.07) is 8.40. The van der Waals surface area contributed by atoms with Crippen LogP contribution in [0, 0.1) is 6.92 Å². The molecule has 1 N–H and O–H groups in total. The highest BCUT2D eigenvalue weighted by molar-refractivity contribution is 5.84. The van der Waals surface area contributed by atoms with Crippen molar-refractivity contribution in [3.8, 4) is 0 Å². The molecule has 0 aliphatic heterocycles. The number of nitrogens with one attached hydrogen (secondary N) is 1. The van der Waals surface area contributed by atoms with Crippen LogP contribution in [0.1, 0.15) is 24.1 Å². The number of aromatic nitrogens is 1. The third kappa shape index (κ3) is 1.25. The number of allylic oxidation sites excluding steroid dienone is 1. The summed E-state index contributed by atoms with van der Waals surface area (Å²) in [6.45, 7) is 8.15. The normalized spacial score (nSPS) is 13.0. The number of hydrogen-bond donors (Lipinski definition) is 1. The predicted molar refractivity (Wildman–Crippen MR) is 61.6 cm³/mol. The first-order chi connectivity index (χ1) is 6.74. The molecule has 2 aromatic rings. The van der Waals surface area contributed by atoms with Gasteiger partial charge >= 0.3 is 0 Å². The Bertz CT molecular complexity index is 465. The van der Waals surface area contributed by atoms with Crippen molar-refractivity contribution in [1.82, 2.24) is 4.98 Å². The Morgan fingerprint density at radius 2 is 2.07 bits per heavy atom. The van der Waals surface area contributed by atoms with E-state index in [9.17, 15) is 0 Å². The summed E-state index contributed by atoms with van der Waals surface area (Å²) in [5.41, 5.74) is 3.84. The second-order valence-electron chi connectivity index (χ2n) is 3.73. The van der Waals surface area contributed by atoms with Crippen molar-refractivity contribution < 1.29 is 0 Å². The minimum Gasteiger partial charge on any atom is -0.358 e. The first-order valence-corrected chi connectivity index (χ1v) is 4.93. The summed E-state index contributed by atoms with van der Waals surface area (Å²) in [4.78, 5) is 3.44. The Morgan fingerprint density at radius 3 is 2.71 bits per heavy atom. The van der Waals surface area contributed by atoms with Crippen molar-refractivity contribution in [3.05, 3.63) is 48.2 Å². The number of fused-ring (bicyclic) bond motifs is 1. The van der Waals surface area contributed by atoms with Crippen LogP contribution < -0.4 is 0 Å². The first kappa shape index (κ1) is 9.07. The topological polar surface area (TPSA) is 15.8 Å². The third-order valence-electron chi connectivity index (χ3n) is 2.81. The molecule has 1 aromatic heterocycles. The SMILES string of the molecule is C=CC(C)c1[nH]c2ccccc2c1C. The molecular formula is C13H15N. The predicted octanol–water partition coefficient (Wildman–Crippen LogP) is 3.77. The molecule has 0 saturated heterocycles. The fraction of sp³-hybridized carbons (Fsp3) is 0.231. The van der Waals surface area contributed by atoms with Gasteiger partial charge in [0.05, 0.1) is 0 Å². The number of H-pyrrole nitrogens is 1. The van der Waals surface area contributed by atoms with E-state index in [1.807, 2.05) is 6.08 Å². The van der Waals surface area contributed by atoms with Crippen LogP contribution in [0.3, 0.4) is 0 Å². The molecule has 1 atom stereocenters. The van der Waals surface area contributed by atoms with Crippen LogP contribution in [0.4, 0.5) is 0 Å². The van der Waals surface area contributed by atoms with Crippen LogP contribution in [0.15, 0.2) is 36.9 Å². The number of hydrogen-bond acceptors (Lipinski definition) is 0. The van der Waals surface area contributed by atoms with Gasteiger partial charge in [-0.2, -0.15) is 0 Å². The third-order valence-corrected chi connectivity index (χ3v) is 2.81. The molecule has 1 heteroatoms. The summed E-state index contributed by atoms with van der Waals surface area (Å²) in [6.07, 6.45) is 1.97. The van der Waals surface area contributed by atoms with Gasteiger partial charge in [-0.05, 0) is 18.6 Å². The van der Waals surface area contributed by atoms with Crippen molar-refractivity contribution in [3.63, 3.8) is 0 Å². The number of rotatable bonds is 2. The number of aromatic amines is 1. The Kier molecular flexibility index (Phi) is 2.16. The average Bonchev–Trinajstić information content (AvgIpc) is 2.56. The van der Waals surface area contributed by atoms with Crippen molar-refractivity contribution in [2.45, 2.75) is 19.8 Å². The van der Waals surface area contributed by atoms with Crippen molar-refractivity contribution in [2.24, 2.45) is 0 Å².